The number of anilines is 2. The summed E-state index contributed by atoms with van der Waals surface area (Å²) in [4.78, 5) is 4.23. The summed E-state index contributed by atoms with van der Waals surface area (Å²) >= 11 is 0. The van der Waals surface area contributed by atoms with Gasteiger partial charge in [0.05, 0.1) is 12.1 Å². The number of hydrogen-bond acceptors (Lipinski definition) is 4. The highest BCUT2D eigenvalue weighted by atomic mass is 16.5. The van der Waals surface area contributed by atoms with Crippen molar-refractivity contribution in [2.75, 3.05) is 18.2 Å². The molecule has 0 bridgehead atoms. The van der Waals surface area contributed by atoms with E-state index in [4.69, 9.17) is 10.5 Å². The van der Waals surface area contributed by atoms with Crippen LogP contribution in [-0.4, -0.2) is 24.2 Å². The zero-order valence-electron chi connectivity index (χ0n) is 8.94. The molecule has 0 spiro atoms. The Kier molecular flexibility index (Phi) is 3.06. The van der Waals surface area contributed by atoms with E-state index in [9.17, 15) is 0 Å². The van der Waals surface area contributed by atoms with Crippen LogP contribution in [0.1, 0.15) is 19.3 Å². The van der Waals surface area contributed by atoms with Crippen LogP contribution in [0.25, 0.3) is 0 Å². The third-order valence-electron chi connectivity index (χ3n) is 2.87. The van der Waals surface area contributed by atoms with Crippen molar-refractivity contribution >= 4 is 11.5 Å². The number of aromatic nitrogens is 1. The van der Waals surface area contributed by atoms with E-state index in [1.165, 1.54) is 6.42 Å². The molecule has 1 aliphatic carbocycles. The minimum absolute atomic E-state index is 0.299. The summed E-state index contributed by atoms with van der Waals surface area (Å²) in [6.07, 6.45) is 5.48. The molecule has 2 atom stereocenters. The number of hydrogen-bond donors (Lipinski definition) is 2. The summed E-state index contributed by atoms with van der Waals surface area (Å²) in [7, 11) is 1.76. The summed E-state index contributed by atoms with van der Waals surface area (Å²) < 4.78 is 5.40. The molecule has 0 saturated heterocycles. The highest BCUT2D eigenvalue weighted by molar-refractivity contribution is 5.49. The molecular formula is C11H17N3O. The van der Waals surface area contributed by atoms with E-state index in [2.05, 4.69) is 10.3 Å². The molecule has 1 saturated carbocycles. The zero-order chi connectivity index (χ0) is 10.7. The molecule has 4 nitrogen and oxygen atoms in total. The molecule has 1 fully saturated rings. The molecule has 0 aliphatic heterocycles. The maximum Gasteiger partial charge on any atom is 0.128 e. The van der Waals surface area contributed by atoms with Crippen LogP contribution in [-0.2, 0) is 4.74 Å². The molecule has 2 rings (SSSR count). The van der Waals surface area contributed by atoms with Gasteiger partial charge in [0.15, 0.2) is 0 Å². The lowest BCUT2D eigenvalue weighted by molar-refractivity contribution is 0.101. The van der Waals surface area contributed by atoms with Crippen LogP contribution in [0.15, 0.2) is 18.3 Å². The Hall–Kier alpha value is -1.29. The first-order chi connectivity index (χ1) is 7.29. The first-order valence-corrected chi connectivity index (χ1v) is 5.30. The quantitative estimate of drug-likeness (QED) is 0.791. The number of nitrogens with two attached hydrogens (primary N) is 1. The minimum atomic E-state index is 0.299. The van der Waals surface area contributed by atoms with Crippen LogP contribution in [0.4, 0.5) is 11.5 Å². The standard InChI is InChI=1S/C11H17N3O/c1-15-10-4-2-3-9(10)14-11-7-8(12)5-6-13-11/h5-7,9-10H,2-4H2,1H3,(H3,12,13,14). The van der Waals surface area contributed by atoms with Gasteiger partial charge in [0.2, 0.25) is 0 Å². The summed E-state index contributed by atoms with van der Waals surface area (Å²) in [5, 5.41) is 3.37. The van der Waals surface area contributed by atoms with Crippen LogP contribution in [0.5, 0.6) is 0 Å². The second kappa shape index (κ2) is 4.49. The highest BCUT2D eigenvalue weighted by Crippen LogP contribution is 2.24. The molecule has 0 amide bonds. The Bertz CT molecular complexity index is 329. The van der Waals surface area contributed by atoms with Gasteiger partial charge in [0.25, 0.3) is 0 Å². The fraction of sp³-hybridized carbons (Fsp3) is 0.545. The van der Waals surface area contributed by atoms with Crippen molar-refractivity contribution in [1.29, 1.82) is 0 Å². The molecule has 1 heterocycles. The summed E-state index contributed by atoms with van der Waals surface area (Å²) in [5.74, 6) is 0.837. The lowest BCUT2D eigenvalue weighted by atomic mass is 10.2. The zero-order valence-corrected chi connectivity index (χ0v) is 8.94. The van der Waals surface area contributed by atoms with Crippen molar-refractivity contribution in [2.45, 2.75) is 31.4 Å². The van der Waals surface area contributed by atoms with Gasteiger partial charge in [-0.3, -0.25) is 0 Å². The molecule has 1 aromatic heterocycles. The fourth-order valence-electron chi connectivity index (χ4n) is 2.09. The monoisotopic (exact) mass is 207 g/mol. The molecular weight excluding hydrogens is 190 g/mol. The van der Waals surface area contributed by atoms with Crippen LogP contribution < -0.4 is 11.1 Å². The molecule has 0 aromatic carbocycles. The van der Waals surface area contributed by atoms with Crippen molar-refractivity contribution < 1.29 is 4.74 Å². The molecule has 0 radical (unpaired) electrons. The first kappa shape index (κ1) is 10.2. The number of rotatable bonds is 3. The van der Waals surface area contributed by atoms with E-state index in [0.717, 1.165) is 24.3 Å². The van der Waals surface area contributed by atoms with Crippen molar-refractivity contribution in [3.63, 3.8) is 0 Å². The van der Waals surface area contributed by atoms with Gasteiger partial charge in [-0.2, -0.15) is 0 Å². The first-order valence-electron chi connectivity index (χ1n) is 5.30. The normalized spacial score (nSPS) is 25.4. The number of nitrogens with zero attached hydrogens (tertiary/aromatic N) is 1. The topological polar surface area (TPSA) is 60.2 Å². The van der Waals surface area contributed by atoms with E-state index in [0.29, 0.717) is 12.1 Å². The third kappa shape index (κ3) is 2.39. The Morgan fingerprint density at radius 3 is 3.13 bits per heavy atom. The number of nitrogen functional groups attached to an aromatic ring is 1. The Morgan fingerprint density at radius 1 is 1.53 bits per heavy atom. The van der Waals surface area contributed by atoms with Gasteiger partial charge in [0, 0.05) is 25.1 Å². The van der Waals surface area contributed by atoms with Gasteiger partial charge in [0.1, 0.15) is 5.82 Å². The van der Waals surface area contributed by atoms with Gasteiger partial charge < -0.3 is 15.8 Å². The van der Waals surface area contributed by atoms with Crippen molar-refractivity contribution in [2.24, 2.45) is 0 Å². The van der Waals surface area contributed by atoms with Crippen molar-refractivity contribution in [1.82, 2.24) is 4.98 Å². The maximum atomic E-state index is 5.69. The van der Waals surface area contributed by atoms with E-state index in [-0.39, 0.29) is 0 Å². The fourth-order valence-corrected chi connectivity index (χ4v) is 2.09. The van der Waals surface area contributed by atoms with Crippen LogP contribution in [0, 0.1) is 0 Å². The van der Waals surface area contributed by atoms with E-state index < -0.39 is 0 Å². The lowest BCUT2D eigenvalue weighted by Gasteiger charge is -2.20. The average Bonchev–Trinajstić information content (AvgIpc) is 2.65. The second-order valence-electron chi connectivity index (χ2n) is 3.93. The molecule has 2 unspecified atom stereocenters. The molecule has 82 valence electrons. The van der Waals surface area contributed by atoms with E-state index in [1.807, 2.05) is 6.07 Å². The summed E-state index contributed by atoms with van der Waals surface area (Å²) in [6.45, 7) is 0. The van der Waals surface area contributed by atoms with Crippen LogP contribution >= 0.6 is 0 Å². The largest absolute Gasteiger partial charge is 0.399 e. The Labute approximate surface area is 89.8 Å². The Morgan fingerprint density at radius 2 is 2.40 bits per heavy atom. The molecule has 1 aromatic rings. The molecule has 3 N–H and O–H groups in total. The lowest BCUT2D eigenvalue weighted by Crippen LogP contribution is -2.30. The smallest absolute Gasteiger partial charge is 0.128 e. The van der Waals surface area contributed by atoms with Gasteiger partial charge in [-0.05, 0) is 25.3 Å². The van der Waals surface area contributed by atoms with Gasteiger partial charge in [-0.1, -0.05) is 0 Å². The Balaban J connectivity index is 2.02. The van der Waals surface area contributed by atoms with Crippen LogP contribution in [0.3, 0.4) is 0 Å². The number of methoxy groups -OCH3 is 1. The summed E-state index contributed by atoms with van der Waals surface area (Å²) in [6, 6.07) is 4.00. The van der Waals surface area contributed by atoms with E-state index in [1.54, 1.807) is 19.4 Å². The van der Waals surface area contributed by atoms with E-state index >= 15 is 0 Å². The second-order valence-corrected chi connectivity index (χ2v) is 3.93. The SMILES string of the molecule is COC1CCCC1Nc1cc(N)ccn1. The number of nitrogens with one attached hydrogen (secondary N) is 1. The van der Waals surface area contributed by atoms with Crippen molar-refractivity contribution in [3.05, 3.63) is 18.3 Å². The highest BCUT2D eigenvalue weighted by Gasteiger charge is 2.26. The van der Waals surface area contributed by atoms with Gasteiger partial charge in [-0.25, -0.2) is 4.98 Å². The molecule has 15 heavy (non-hydrogen) atoms. The average molecular weight is 207 g/mol. The molecule has 1 aliphatic rings. The van der Waals surface area contributed by atoms with Crippen LogP contribution in [0.2, 0.25) is 0 Å². The molecule has 4 heteroatoms. The maximum absolute atomic E-state index is 5.69. The predicted molar refractivity (Wildman–Crippen MR) is 60.7 cm³/mol. The minimum Gasteiger partial charge on any atom is -0.399 e. The van der Waals surface area contributed by atoms with Crippen molar-refractivity contribution in [3.8, 4) is 0 Å². The third-order valence-corrected chi connectivity index (χ3v) is 2.87. The van der Waals surface area contributed by atoms with Gasteiger partial charge in [-0.15, -0.1) is 0 Å². The number of pyridine rings is 1. The summed E-state index contributed by atoms with van der Waals surface area (Å²) in [5.41, 5.74) is 6.42. The van der Waals surface area contributed by atoms with Gasteiger partial charge >= 0.3 is 0 Å². The predicted octanol–water partition coefficient (Wildman–Crippen LogP) is 1.64. The number of ether oxygens (including phenoxy) is 1.